The summed E-state index contributed by atoms with van der Waals surface area (Å²) in [6.07, 6.45) is 0. The van der Waals surface area contributed by atoms with Gasteiger partial charge in [-0.25, -0.2) is 0 Å². The average molecular weight is 461 g/mol. The van der Waals surface area contributed by atoms with E-state index in [9.17, 15) is 9.59 Å². The largest absolute Gasteiger partial charge is 0.493 e. The molecule has 1 aliphatic rings. The van der Waals surface area contributed by atoms with Gasteiger partial charge in [-0.05, 0) is 36.8 Å². The van der Waals surface area contributed by atoms with Gasteiger partial charge < -0.3 is 24.0 Å². The van der Waals surface area contributed by atoms with Crippen molar-refractivity contribution in [3.8, 4) is 17.2 Å². The molecule has 1 saturated heterocycles. The van der Waals surface area contributed by atoms with Gasteiger partial charge in [0, 0.05) is 32.6 Å². The lowest BCUT2D eigenvalue weighted by Gasteiger charge is -2.24. The molecule has 1 fully saturated rings. The van der Waals surface area contributed by atoms with Crippen LogP contribution in [-0.4, -0.2) is 69.6 Å². The van der Waals surface area contributed by atoms with Gasteiger partial charge in [0.15, 0.2) is 11.5 Å². The summed E-state index contributed by atoms with van der Waals surface area (Å²) in [5.41, 5.74) is 1.27. The standard InChI is InChI=1S/C24H29ClN2O5/c1-6-26(2)23(28)18-14-27(24(29)16-9-7-8-10-19(16)25)13-17(18)15-11-20(30-3)22(32-5)21(12-15)31-4/h7-12,17-18H,6,13-14H2,1-5H3. The van der Waals surface area contributed by atoms with Crippen LogP contribution in [0.2, 0.25) is 5.02 Å². The molecule has 32 heavy (non-hydrogen) atoms. The lowest BCUT2D eigenvalue weighted by molar-refractivity contribution is -0.133. The number of carbonyl (C=O) groups excluding carboxylic acids is 2. The molecule has 2 aromatic rings. The number of nitrogens with zero attached hydrogens (tertiary/aromatic N) is 2. The third kappa shape index (κ3) is 4.48. The number of ether oxygens (including phenoxy) is 3. The molecule has 172 valence electrons. The van der Waals surface area contributed by atoms with Gasteiger partial charge in [0.25, 0.3) is 5.91 Å². The van der Waals surface area contributed by atoms with Gasteiger partial charge in [-0.2, -0.15) is 0 Å². The van der Waals surface area contributed by atoms with Crippen LogP contribution in [0.15, 0.2) is 36.4 Å². The molecule has 2 atom stereocenters. The molecule has 0 aromatic heterocycles. The smallest absolute Gasteiger partial charge is 0.255 e. The topological polar surface area (TPSA) is 68.3 Å². The highest BCUT2D eigenvalue weighted by molar-refractivity contribution is 6.33. The first-order valence-corrected chi connectivity index (χ1v) is 10.8. The van der Waals surface area contributed by atoms with Gasteiger partial charge in [0.1, 0.15) is 0 Å². The van der Waals surface area contributed by atoms with Crippen molar-refractivity contribution in [2.75, 3.05) is 48.0 Å². The van der Waals surface area contributed by atoms with Crippen LogP contribution in [0.25, 0.3) is 0 Å². The predicted octanol–water partition coefficient (Wildman–Crippen LogP) is 3.70. The molecule has 1 heterocycles. The number of methoxy groups -OCH3 is 3. The molecule has 2 aromatic carbocycles. The molecule has 3 rings (SSSR count). The summed E-state index contributed by atoms with van der Waals surface area (Å²) < 4.78 is 16.4. The van der Waals surface area contributed by atoms with E-state index in [1.807, 2.05) is 19.1 Å². The van der Waals surface area contributed by atoms with Crippen molar-refractivity contribution >= 4 is 23.4 Å². The number of rotatable bonds is 7. The Hall–Kier alpha value is -2.93. The summed E-state index contributed by atoms with van der Waals surface area (Å²) in [4.78, 5) is 29.9. The van der Waals surface area contributed by atoms with Gasteiger partial charge in [0.05, 0.1) is 37.8 Å². The number of amides is 2. The maximum absolute atomic E-state index is 13.2. The van der Waals surface area contributed by atoms with Crippen molar-refractivity contribution in [2.24, 2.45) is 5.92 Å². The van der Waals surface area contributed by atoms with Gasteiger partial charge in [-0.1, -0.05) is 23.7 Å². The Morgan fingerprint density at radius 2 is 1.69 bits per heavy atom. The lowest BCUT2D eigenvalue weighted by atomic mass is 9.87. The number of benzene rings is 2. The number of hydrogen-bond acceptors (Lipinski definition) is 5. The van der Waals surface area contributed by atoms with E-state index < -0.39 is 5.92 Å². The summed E-state index contributed by atoms with van der Waals surface area (Å²) in [6, 6.07) is 10.6. The average Bonchev–Trinajstić information content (AvgIpc) is 3.27. The van der Waals surface area contributed by atoms with E-state index in [2.05, 4.69) is 0 Å². The van der Waals surface area contributed by atoms with Crippen LogP contribution >= 0.6 is 11.6 Å². The number of likely N-dealkylation sites (tertiary alicyclic amines) is 1. The zero-order valence-electron chi connectivity index (χ0n) is 19.1. The first kappa shape index (κ1) is 23.7. The monoisotopic (exact) mass is 460 g/mol. The molecular formula is C24H29ClN2O5. The fourth-order valence-electron chi connectivity index (χ4n) is 4.12. The highest BCUT2D eigenvalue weighted by Gasteiger charge is 2.42. The van der Waals surface area contributed by atoms with Gasteiger partial charge >= 0.3 is 0 Å². The molecule has 0 aliphatic carbocycles. The van der Waals surface area contributed by atoms with Crippen molar-refractivity contribution in [3.63, 3.8) is 0 Å². The maximum atomic E-state index is 13.2. The van der Waals surface area contributed by atoms with Crippen LogP contribution in [0, 0.1) is 5.92 Å². The SMILES string of the molecule is CCN(C)C(=O)C1CN(C(=O)c2ccccc2Cl)CC1c1cc(OC)c(OC)c(OC)c1. The molecule has 0 bridgehead atoms. The Morgan fingerprint density at radius 1 is 1.06 bits per heavy atom. The molecule has 0 saturated carbocycles. The van der Waals surface area contributed by atoms with Gasteiger partial charge in [0.2, 0.25) is 11.7 Å². The summed E-state index contributed by atoms with van der Waals surface area (Å²) in [7, 11) is 6.42. The van der Waals surface area contributed by atoms with E-state index in [1.165, 1.54) is 0 Å². The molecule has 7 nitrogen and oxygen atoms in total. The lowest BCUT2D eigenvalue weighted by Crippen LogP contribution is -2.37. The Labute approximate surface area is 193 Å². The van der Waals surface area contributed by atoms with Crippen LogP contribution < -0.4 is 14.2 Å². The van der Waals surface area contributed by atoms with E-state index in [0.29, 0.717) is 47.5 Å². The van der Waals surface area contributed by atoms with Crippen molar-refractivity contribution in [3.05, 3.63) is 52.5 Å². The molecule has 2 unspecified atom stereocenters. The molecule has 0 radical (unpaired) electrons. The van der Waals surface area contributed by atoms with Crippen LogP contribution in [0.1, 0.15) is 28.8 Å². The second kappa shape index (κ2) is 10.1. The highest BCUT2D eigenvalue weighted by Crippen LogP contribution is 2.43. The molecule has 8 heteroatoms. The van der Waals surface area contributed by atoms with Gasteiger partial charge in [-0.3, -0.25) is 9.59 Å². The quantitative estimate of drug-likeness (QED) is 0.630. The second-order valence-electron chi connectivity index (χ2n) is 7.71. The molecule has 0 spiro atoms. The van der Waals surface area contributed by atoms with E-state index in [4.69, 9.17) is 25.8 Å². The summed E-state index contributed by atoms with van der Waals surface area (Å²) in [5, 5.41) is 0.391. The van der Waals surface area contributed by atoms with Crippen LogP contribution in [-0.2, 0) is 4.79 Å². The number of halogens is 1. The maximum Gasteiger partial charge on any atom is 0.255 e. The second-order valence-corrected chi connectivity index (χ2v) is 8.12. The molecule has 2 amide bonds. The third-order valence-corrected chi connectivity index (χ3v) is 6.32. The molecule has 1 aliphatic heterocycles. The minimum Gasteiger partial charge on any atom is -0.493 e. The molecule has 0 N–H and O–H groups in total. The first-order chi connectivity index (χ1) is 15.4. The normalized spacial score (nSPS) is 17.8. The minimum atomic E-state index is -0.408. The summed E-state index contributed by atoms with van der Waals surface area (Å²) in [6.45, 7) is 3.18. The summed E-state index contributed by atoms with van der Waals surface area (Å²) in [5.74, 6) is 0.642. The zero-order valence-corrected chi connectivity index (χ0v) is 19.8. The Morgan fingerprint density at radius 3 is 2.22 bits per heavy atom. The van der Waals surface area contributed by atoms with Crippen molar-refractivity contribution in [1.29, 1.82) is 0 Å². The van der Waals surface area contributed by atoms with Crippen LogP contribution in [0.3, 0.4) is 0 Å². The van der Waals surface area contributed by atoms with E-state index in [0.717, 1.165) is 5.56 Å². The van der Waals surface area contributed by atoms with Crippen molar-refractivity contribution in [2.45, 2.75) is 12.8 Å². The third-order valence-electron chi connectivity index (χ3n) is 5.99. The van der Waals surface area contributed by atoms with Gasteiger partial charge in [-0.15, -0.1) is 0 Å². The Balaban J connectivity index is 2.03. The Kier molecular flexibility index (Phi) is 7.51. The highest BCUT2D eigenvalue weighted by atomic mass is 35.5. The summed E-state index contributed by atoms with van der Waals surface area (Å²) >= 11 is 6.27. The van der Waals surface area contributed by atoms with Crippen LogP contribution in [0.4, 0.5) is 0 Å². The zero-order chi connectivity index (χ0) is 23.4. The van der Waals surface area contributed by atoms with E-state index in [1.54, 1.807) is 62.4 Å². The fourth-order valence-corrected chi connectivity index (χ4v) is 4.33. The van der Waals surface area contributed by atoms with Crippen LogP contribution in [0.5, 0.6) is 17.2 Å². The van der Waals surface area contributed by atoms with E-state index in [-0.39, 0.29) is 17.7 Å². The minimum absolute atomic E-state index is 0.0132. The fraction of sp³-hybridized carbons (Fsp3) is 0.417. The number of carbonyl (C=O) groups is 2. The predicted molar refractivity (Wildman–Crippen MR) is 123 cm³/mol. The Bertz CT molecular complexity index is 971. The molecular weight excluding hydrogens is 432 g/mol. The number of hydrogen-bond donors (Lipinski definition) is 0. The van der Waals surface area contributed by atoms with Crippen molar-refractivity contribution < 1.29 is 23.8 Å². The van der Waals surface area contributed by atoms with E-state index >= 15 is 0 Å². The van der Waals surface area contributed by atoms with Crippen molar-refractivity contribution in [1.82, 2.24) is 9.80 Å². The first-order valence-electron chi connectivity index (χ1n) is 10.4.